The molecule has 6 heteroatoms. The minimum Gasteiger partial charge on any atom is -0.496 e. The number of likely N-dealkylation sites (tertiary alicyclic amines) is 1. The van der Waals surface area contributed by atoms with Crippen LogP contribution in [0.1, 0.15) is 29.6 Å². The van der Waals surface area contributed by atoms with Crippen molar-refractivity contribution in [2.24, 2.45) is 5.41 Å². The molecule has 1 aromatic rings. The van der Waals surface area contributed by atoms with Gasteiger partial charge in [0.25, 0.3) is 11.8 Å². The van der Waals surface area contributed by atoms with Crippen molar-refractivity contribution in [2.75, 3.05) is 20.2 Å². The smallest absolute Gasteiger partial charge is 0.257 e. The summed E-state index contributed by atoms with van der Waals surface area (Å²) in [5.74, 6) is -2.31. The minimum absolute atomic E-state index is 0.0392. The molecule has 1 saturated carbocycles. The maximum atomic E-state index is 13.4. The number of ether oxygens (including phenoxy) is 1. The maximum Gasteiger partial charge on any atom is 0.257 e. The zero-order valence-electron chi connectivity index (χ0n) is 11.7. The molecule has 0 N–H and O–H groups in total. The first-order valence-corrected chi connectivity index (χ1v) is 7.27. The van der Waals surface area contributed by atoms with E-state index in [1.807, 2.05) is 0 Å². The molecule has 1 spiro atoms. The van der Waals surface area contributed by atoms with Crippen LogP contribution in [-0.4, -0.2) is 36.9 Å². The Labute approximate surface area is 126 Å². The number of methoxy groups -OCH3 is 1. The van der Waals surface area contributed by atoms with Crippen molar-refractivity contribution < 1.29 is 18.3 Å². The summed E-state index contributed by atoms with van der Waals surface area (Å²) >= 11 is 5.92. The normalized spacial score (nSPS) is 22.2. The Morgan fingerprint density at radius 2 is 1.95 bits per heavy atom. The van der Waals surface area contributed by atoms with E-state index in [-0.39, 0.29) is 12.3 Å². The molecule has 0 atom stereocenters. The second kappa shape index (κ2) is 4.83. The second-order valence-corrected chi connectivity index (χ2v) is 6.23. The molecule has 1 amide bonds. The van der Waals surface area contributed by atoms with E-state index in [2.05, 4.69) is 0 Å². The summed E-state index contributed by atoms with van der Waals surface area (Å²) in [6.07, 6.45) is 0.672. The molecular weight excluding hydrogens is 300 g/mol. The fourth-order valence-corrected chi connectivity index (χ4v) is 3.25. The van der Waals surface area contributed by atoms with E-state index in [0.29, 0.717) is 42.3 Å². The summed E-state index contributed by atoms with van der Waals surface area (Å²) in [5.41, 5.74) is -0.481. The summed E-state index contributed by atoms with van der Waals surface area (Å²) in [6, 6.07) is 4.84. The lowest BCUT2D eigenvalue weighted by Crippen LogP contribution is -2.40. The Kier molecular flexibility index (Phi) is 3.35. The van der Waals surface area contributed by atoms with Gasteiger partial charge in [0, 0.05) is 29.9 Å². The number of hydrogen-bond donors (Lipinski definition) is 0. The van der Waals surface area contributed by atoms with Crippen LogP contribution in [0.3, 0.4) is 0 Å². The molecule has 1 aromatic carbocycles. The van der Waals surface area contributed by atoms with Gasteiger partial charge in [0.05, 0.1) is 12.7 Å². The highest BCUT2D eigenvalue weighted by Crippen LogP contribution is 2.65. The quantitative estimate of drug-likeness (QED) is 0.834. The lowest BCUT2D eigenvalue weighted by molar-refractivity contribution is 0.0283. The van der Waals surface area contributed by atoms with E-state index in [4.69, 9.17) is 16.3 Å². The van der Waals surface area contributed by atoms with Gasteiger partial charge in [-0.05, 0) is 31.0 Å². The number of halogens is 3. The van der Waals surface area contributed by atoms with Crippen LogP contribution < -0.4 is 4.74 Å². The standard InChI is InChI=1S/C15H16ClF2NO2/c1-21-12-3-2-10(16)8-11(12)13(20)19-6-4-14(5-7-19)9-15(14,17)18/h2-3,8H,4-7,9H2,1H3. The third-order valence-electron chi connectivity index (χ3n) is 4.61. The molecule has 0 bridgehead atoms. The number of nitrogens with zero attached hydrogens (tertiary/aromatic N) is 1. The van der Waals surface area contributed by atoms with Crippen LogP contribution in [0.2, 0.25) is 5.02 Å². The Morgan fingerprint density at radius 3 is 2.48 bits per heavy atom. The van der Waals surface area contributed by atoms with E-state index in [1.165, 1.54) is 7.11 Å². The first kappa shape index (κ1) is 14.6. The van der Waals surface area contributed by atoms with Crippen molar-refractivity contribution in [3.8, 4) is 5.75 Å². The van der Waals surface area contributed by atoms with Crippen LogP contribution in [0.4, 0.5) is 8.78 Å². The zero-order chi connectivity index (χ0) is 15.3. The third kappa shape index (κ3) is 2.37. The monoisotopic (exact) mass is 315 g/mol. The number of carbonyl (C=O) groups excluding carboxylic acids is 1. The third-order valence-corrected chi connectivity index (χ3v) is 4.85. The van der Waals surface area contributed by atoms with Crippen LogP contribution in [0, 0.1) is 5.41 Å². The van der Waals surface area contributed by atoms with Crippen LogP contribution in [0.5, 0.6) is 5.75 Å². The fraction of sp³-hybridized carbons (Fsp3) is 0.533. The van der Waals surface area contributed by atoms with E-state index in [0.717, 1.165) is 0 Å². The van der Waals surface area contributed by atoms with Crippen LogP contribution >= 0.6 is 11.6 Å². The van der Waals surface area contributed by atoms with Crippen molar-refractivity contribution in [2.45, 2.75) is 25.2 Å². The van der Waals surface area contributed by atoms with E-state index in [9.17, 15) is 13.6 Å². The molecule has 1 aliphatic carbocycles. The Bertz CT molecular complexity index is 583. The lowest BCUT2D eigenvalue weighted by Gasteiger charge is -2.32. The number of rotatable bonds is 2. The SMILES string of the molecule is COc1ccc(Cl)cc1C(=O)N1CCC2(CC1)CC2(F)F. The summed E-state index contributed by atoms with van der Waals surface area (Å²) in [6.45, 7) is 0.703. The summed E-state index contributed by atoms with van der Waals surface area (Å²) < 4.78 is 31.9. The highest BCUT2D eigenvalue weighted by molar-refractivity contribution is 6.31. The van der Waals surface area contributed by atoms with E-state index >= 15 is 0 Å². The molecular formula is C15H16ClF2NO2. The van der Waals surface area contributed by atoms with Crippen LogP contribution in [-0.2, 0) is 0 Å². The first-order valence-electron chi connectivity index (χ1n) is 6.89. The van der Waals surface area contributed by atoms with Crippen molar-refractivity contribution in [1.82, 2.24) is 4.90 Å². The summed E-state index contributed by atoms with van der Waals surface area (Å²) in [4.78, 5) is 14.1. The minimum atomic E-state index is -2.55. The Balaban J connectivity index is 1.74. The average Bonchev–Trinajstić information content (AvgIpc) is 2.99. The van der Waals surface area contributed by atoms with Gasteiger partial charge in [-0.25, -0.2) is 8.78 Å². The van der Waals surface area contributed by atoms with Crippen LogP contribution in [0.15, 0.2) is 18.2 Å². The van der Waals surface area contributed by atoms with Crippen molar-refractivity contribution in [1.29, 1.82) is 0 Å². The Morgan fingerprint density at radius 1 is 1.33 bits per heavy atom. The van der Waals surface area contributed by atoms with Gasteiger partial charge >= 0.3 is 0 Å². The number of piperidine rings is 1. The van der Waals surface area contributed by atoms with Crippen molar-refractivity contribution >= 4 is 17.5 Å². The van der Waals surface area contributed by atoms with Gasteiger partial charge in [-0.3, -0.25) is 4.79 Å². The fourth-order valence-electron chi connectivity index (χ4n) is 3.08. The van der Waals surface area contributed by atoms with Crippen molar-refractivity contribution in [3.05, 3.63) is 28.8 Å². The highest BCUT2D eigenvalue weighted by atomic mass is 35.5. The maximum absolute atomic E-state index is 13.4. The molecule has 21 heavy (non-hydrogen) atoms. The molecule has 2 fully saturated rings. The molecule has 114 valence electrons. The summed E-state index contributed by atoms with van der Waals surface area (Å²) in [5, 5.41) is 0.446. The number of carbonyl (C=O) groups is 1. The number of hydrogen-bond acceptors (Lipinski definition) is 2. The van der Waals surface area contributed by atoms with Gasteiger partial charge in [0.15, 0.2) is 0 Å². The topological polar surface area (TPSA) is 29.5 Å². The molecule has 1 aliphatic heterocycles. The zero-order valence-corrected chi connectivity index (χ0v) is 12.4. The summed E-state index contributed by atoms with van der Waals surface area (Å²) in [7, 11) is 1.48. The van der Waals surface area contributed by atoms with Crippen molar-refractivity contribution in [3.63, 3.8) is 0 Å². The van der Waals surface area contributed by atoms with E-state index in [1.54, 1.807) is 23.1 Å². The molecule has 1 heterocycles. The number of amides is 1. The van der Waals surface area contributed by atoms with Gasteiger partial charge < -0.3 is 9.64 Å². The first-order chi connectivity index (χ1) is 9.88. The molecule has 0 radical (unpaired) electrons. The molecule has 3 rings (SSSR count). The average molecular weight is 316 g/mol. The van der Waals surface area contributed by atoms with Crippen LogP contribution in [0.25, 0.3) is 0 Å². The molecule has 2 aliphatic rings. The predicted octanol–water partition coefficient (Wildman–Crippen LogP) is 3.61. The molecule has 1 saturated heterocycles. The molecule has 0 aromatic heterocycles. The lowest BCUT2D eigenvalue weighted by atomic mass is 9.92. The van der Waals surface area contributed by atoms with E-state index < -0.39 is 11.3 Å². The van der Waals surface area contributed by atoms with Gasteiger partial charge in [-0.2, -0.15) is 0 Å². The Hall–Kier alpha value is -1.36. The number of alkyl halides is 2. The molecule has 3 nitrogen and oxygen atoms in total. The number of benzene rings is 1. The largest absolute Gasteiger partial charge is 0.496 e. The van der Waals surface area contributed by atoms with Gasteiger partial charge in [-0.15, -0.1) is 0 Å². The van der Waals surface area contributed by atoms with Gasteiger partial charge in [0.1, 0.15) is 5.75 Å². The second-order valence-electron chi connectivity index (χ2n) is 5.80. The van der Waals surface area contributed by atoms with Gasteiger partial charge in [-0.1, -0.05) is 11.6 Å². The predicted molar refractivity (Wildman–Crippen MR) is 75.1 cm³/mol. The highest BCUT2D eigenvalue weighted by Gasteiger charge is 2.70. The van der Waals surface area contributed by atoms with Gasteiger partial charge in [0.2, 0.25) is 0 Å². The molecule has 0 unspecified atom stereocenters.